The van der Waals surface area contributed by atoms with Gasteiger partial charge in [-0.1, -0.05) is 31.2 Å². The minimum absolute atomic E-state index is 0.0108. The molecule has 0 aliphatic carbocycles. The van der Waals surface area contributed by atoms with Crippen LogP contribution in [0.5, 0.6) is 0 Å². The number of amides is 1. The third kappa shape index (κ3) is 5.67. The Morgan fingerprint density at radius 1 is 1.12 bits per heavy atom. The van der Waals surface area contributed by atoms with Gasteiger partial charge in [0.2, 0.25) is 5.95 Å². The lowest BCUT2D eigenvalue weighted by Crippen LogP contribution is -2.53. The van der Waals surface area contributed by atoms with Crippen molar-refractivity contribution >= 4 is 17.9 Å². The van der Waals surface area contributed by atoms with Gasteiger partial charge in [0, 0.05) is 44.5 Å². The number of nitrogens with one attached hydrogen (secondary N) is 1. The van der Waals surface area contributed by atoms with E-state index in [9.17, 15) is 4.79 Å². The molecule has 1 aromatic carbocycles. The van der Waals surface area contributed by atoms with Gasteiger partial charge < -0.3 is 10.1 Å². The first-order valence-electron chi connectivity index (χ1n) is 12.4. The van der Waals surface area contributed by atoms with Gasteiger partial charge >= 0.3 is 6.09 Å². The molecule has 8 heteroatoms. The van der Waals surface area contributed by atoms with Crippen molar-refractivity contribution < 1.29 is 9.53 Å². The maximum Gasteiger partial charge on any atom is 0.415 e. The second-order valence-corrected chi connectivity index (χ2v) is 10.3. The van der Waals surface area contributed by atoms with Gasteiger partial charge in [0.25, 0.3) is 0 Å². The number of aromatic nitrogens is 2. The van der Waals surface area contributed by atoms with Crippen LogP contribution < -0.4 is 10.2 Å². The average molecular weight is 467 g/mol. The Balaban J connectivity index is 1.34. The van der Waals surface area contributed by atoms with E-state index in [1.165, 1.54) is 11.1 Å². The van der Waals surface area contributed by atoms with Crippen LogP contribution in [0.25, 0.3) is 0 Å². The average Bonchev–Trinajstić information content (AvgIpc) is 3.20. The third-order valence-corrected chi connectivity index (χ3v) is 6.87. The van der Waals surface area contributed by atoms with Crippen molar-refractivity contribution in [3.63, 3.8) is 0 Å². The van der Waals surface area contributed by atoms with Crippen molar-refractivity contribution in [2.45, 2.75) is 65.2 Å². The molecule has 2 aliphatic rings. The number of cyclic esters (lactones) is 1. The van der Waals surface area contributed by atoms with Crippen LogP contribution in [0.3, 0.4) is 0 Å². The van der Waals surface area contributed by atoms with Crippen molar-refractivity contribution in [3.8, 4) is 0 Å². The molecule has 4 rings (SSSR count). The molecule has 184 valence electrons. The molecule has 0 spiro atoms. The topological polar surface area (TPSA) is 73.8 Å². The number of nitrogens with zero attached hydrogens (tertiary/aromatic N) is 5. The van der Waals surface area contributed by atoms with E-state index in [0.717, 1.165) is 39.1 Å². The Bertz CT molecular complexity index is 966. The number of ether oxygens (including phenoxy) is 1. The van der Waals surface area contributed by atoms with Gasteiger partial charge in [-0.15, -0.1) is 0 Å². The zero-order chi connectivity index (χ0) is 24.3. The predicted molar refractivity (Wildman–Crippen MR) is 135 cm³/mol. The van der Waals surface area contributed by atoms with E-state index in [0.29, 0.717) is 18.4 Å². The Morgan fingerprint density at radius 3 is 2.47 bits per heavy atom. The molecule has 2 atom stereocenters. The van der Waals surface area contributed by atoms with Gasteiger partial charge in [-0.3, -0.25) is 14.7 Å². The molecule has 2 saturated heterocycles. The number of piperazine rings is 1. The molecule has 1 amide bonds. The van der Waals surface area contributed by atoms with Crippen LogP contribution in [-0.4, -0.2) is 70.2 Å². The van der Waals surface area contributed by atoms with Gasteiger partial charge in [0.15, 0.2) is 0 Å². The fourth-order valence-corrected chi connectivity index (χ4v) is 4.62. The molecular formula is C26H38N6O2. The summed E-state index contributed by atoms with van der Waals surface area (Å²) in [6.07, 6.45) is 2.14. The smallest absolute Gasteiger partial charge is 0.415 e. The molecule has 8 nitrogen and oxygen atoms in total. The second-order valence-electron chi connectivity index (χ2n) is 10.3. The molecule has 0 saturated carbocycles. The highest BCUT2D eigenvalue weighted by Gasteiger charge is 2.34. The summed E-state index contributed by atoms with van der Waals surface area (Å²) >= 11 is 0. The number of rotatable bonds is 7. The van der Waals surface area contributed by atoms with E-state index >= 15 is 0 Å². The summed E-state index contributed by atoms with van der Waals surface area (Å²) in [6, 6.07) is 10.6. The minimum atomic E-state index is -0.347. The number of carbonyl (C=O) groups excluding carboxylic acids is 1. The maximum absolute atomic E-state index is 12.2. The highest BCUT2D eigenvalue weighted by atomic mass is 16.6. The molecule has 0 unspecified atom stereocenters. The number of hydrogen-bond acceptors (Lipinski definition) is 7. The first-order chi connectivity index (χ1) is 16.2. The van der Waals surface area contributed by atoms with E-state index in [4.69, 9.17) is 4.74 Å². The van der Waals surface area contributed by atoms with Gasteiger partial charge in [-0.05, 0) is 51.3 Å². The first-order valence-corrected chi connectivity index (χ1v) is 12.4. The highest BCUT2D eigenvalue weighted by Crippen LogP contribution is 2.25. The van der Waals surface area contributed by atoms with Crippen molar-refractivity contribution in [1.82, 2.24) is 19.8 Å². The number of carbonyl (C=O) groups is 1. The summed E-state index contributed by atoms with van der Waals surface area (Å²) in [6.45, 7) is 16.8. The lowest BCUT2D eigenvalue weighted by molar-refractivity contribution is 0.0591. The van der Waals surface area contributed by atoms with E-state index in [2.05, 4.69) is 77.0 Å². The van der Waals surface area contributed by atoms with Crippen molar-refractivity contribution in [2.75, 3.05) is 43.0 Å². The molecule has 1 N–H and O–H groups in total. The summed E-state index contributed by atoms with van der Waals surface area (Å²) in [4.78, 5) is 27.8. The summed E-state index contributed by atoms with van der Waals surface area (Å²) in [5.41, 5.74) is 2.74. The minimum Gasteiger partial charge on any atom is -0.447 e. The Morgan fingerprint density at radius 2 is 1.82 bits per heavy atom. The number of benzene rings is 1. The first kappa shape index (κ1) is 24.4. The molecule has 2 fully saturated rings. The lowest BCUT2D eigenvalue weighted by Gasteiger charge is -2.42. The molecule has 2 aliphatic heterocycles. The molecule has 1 aromatic heterocycles. The molecule has 2 aromatic rings. The van der Waals surface area contributed by atoms with E-state index in [1.54, 1.807) is 17.2 Å². The van der Waals surface area contributed by atoms with Crippen molar-refractivity contribution in [2.24, 2.45) is 0 Å². The van der Waals surface area contributed by atoms with Gasteiger partial charge in [0.05, 0.1) is 12.1 Å². The largest absolute Gasteiger partial charge is 0.447 e. The Kier molecular flexibility index (Phi) is 7.38. The fourth-order valence-electron chi connectivity index (χ4n) is 4.62. The van der Waals surface area contributed by atoms with E-state index in [-0.39, 0.29) is 23.7 Å². The second kappa shape index (κ2) is 10.3. The fraction of sp³-hybridized carbons (Fsp3) is 0.577. The highest BCUT2D eigenvalue weighted by molar-refractivity contribution is 5.89. The van der Waals surface area contributed by atoms with Gasteiger partial charge in [-0.2, -0.15) is 4.98 Å². The summed E-state index contributed by atoms with van der Waals surface area (Å²) < 4.78 is 5.20. The molecular weight excluding hydrogens is 428 g/mol. The van der Waals surface area contributed by atoms with Crippen LogP contribution in [0, 0.1) is 0 Å². The van der Waals surface area contributed by atoms with Gasteiger partial charge in [0.1, 0.15) is 12.4 Å². The molecule has 0 radical (unpaired) electrons. The number of anilines is 2. The normalized spacial score (nSPS) is 20.9. The maximum atomic E-state index is 12.2. The standard InChI is InChI=1S/C26H38N6O2/c1-6-22-18-34-25(33)32(22)23-11-12-27-24(29-23)28-19(2)21-9-7-20(8-10-21)17-30-13-15-31(16-14-30)26(3,4)5/h7-12,19,22H,6,13-18H2,1-5H3,(H,27,28,29)/t19-,22-/m0/s1. The van der Waals surface area contributed by atoms with Crippen LogP contribution in [0.4, 0.5) is 16.6 Å². The van der Waals surface area contributed by atoms with Crippen LogP contribution in [-0.2, 0) is 11.3 Å². The molecule has 0 bridgehead atoms. The third-order valence-electron chi connectivity index (χ3n) is 6.87. The quantitative estimate of drug-likeness (QED) is 0.652. The van der Waals surface area contributed by atoms with Gasteiger partial charge in [-0.25, -0.2) is 9.78 Å². The zero-order valence-corrected chi connectivity index (χ0v) is 21.1. The monoisotopic (exact) mass is 466 g/mol. The molecule has 34 heavy (non-hydrogen) atoms. The summed E-state index contributed by atoms with van der Waals surface area (Å²) in [5, 5.41) is 3.37. The Labute approximate surface area is 203 Å². The van der Waals surface area contributed by atoms with E-state index in [1.807, 2.05) is 6.92 Å². The summed E-state index contributed by atoms with van der Waals surface area (Å²) in [7, 11) is 0. The lowest BCUT2D eigenvalue weighted by atomic mass is 10.0. The molecule has 3 heterocycles. The van der Waals surface area contributed by atoms with Crippen LogP contribution in [0.15, 0.2) is 36.5 Å². The summed E-state index contributed by atoms with van der Waals surface area (Å²) in [5.74, 6) is 1.07. The zero-order valence-electron chi connectivity index (χ0n) is 21.1. The predicted octanol–water partition coefficient (Wildman–Crippen LogP) is 4.30. The van der Waals surface area contributed by atoms with E-state index < -0.39 is 0 Å². The van der Waals surface area contributed by atoms with Crippen molar-refractivity contribution in [1.29, 1.82) is 0 Å². The SMILES string of the molecule is CC[C@H]1COC(=O)N1c1ccnc(N[C@@H](C)c2ccc(CN3CCN(C(C)(C)C)CC3)cc2)n1. The van der Waals surface area contributed by atoms with Crippen LogP contribution in [0.1, 0.15) is 58.2 Å². The van der Waals surface area contributed by atoms with Crippen molar-refractivity contribution in [3.05, 3.63) is 47.7 Å². The number of hydrogen-bond donors (Lipinski definition) is 1. The van der Waals surface area contributed by atoms with Crippen LogP contribution >= 0.6 is 0 Å². The van der Waals surface area contributed by atoms with Crippen LogP contribution in [0.2, 0.25) is 0 Å². The Hall–Kier alpha value is -2.71.